The van der Waals surface area contributed by atoms with Gasteiger partial charge in [0.2, 0.25) is 0 Å². The average Bonchev–Trinajstić information content (AvgIpc) is 2.61. The van der Waals surface area contributed by atoms with Crippen molar-refractivity contribution in [3.05, 3.63) is 71.0 Å². The third kappa shape index (κ3) is 6.88. The van der Waals surface area contributed by atoms with Crippen molar-refractivity contribution in [3.8, 4) is 0 Å². The van der Waals surface area contributed by atoms with Gasteiger partial charge in [-0.2, -0.15) is 0 Å². The Bertz CT molecular complexity index is 656. The number of carboxylic acids is 1. The Morgan fingerprint density at radius 1 is 0.960 bits per heavy atom. The second kappa shape index (κ2) is 10.2. The highest BCUT2D eigenvalue weighted by Gasteiger charge is 2.18. The molecule has 5 heteroatoms. The molecule has 1 unspecified atom stereocenters. The van der Waals surface area contributed by atoms with E-state index in [1.165, 1.54) is 23.9 Å². The van der Waals surface area contributed by atoms with E-state index < -0.39 is 11.2 Å². The molecule has 0 aromatic heterocycles. The predicted molar refractivity (Wildman–Crippen MR) is 99.5 cm³/mol. The molecule has 0 spiro atoms. The summed E-state index contributed by atoms with van der Waals surface area (Å²) >= 11 is 1.42. The van der Waals surface area contributed by atoms with E-state index in [4.69, 9.17) is 5.11 Å². The second-order valence-electron chi connectivity index (χ2n) is 5.92. The Morgan fingerprint density at radius 2 is 1.52 bits per heavy atom. The monoisotopic (exact) mass is 362 g/mol. The van der Waals surface area contributed by atoms with Gasteiger partial charge >= 0.3 is 5.97 Å². The molecule has 2 aromatic carbocycles. The smallest absolute Gasteiger partial charge is 0.316 e. The van der Waals surface area contributed by atoms with Crippen LogP contribution >= 0.6 is 11.8 Å². The van der Waals surface area contributed by atoms with Crippen molar-refractivity contribution in [2.24, 2.45) is 0 Å². The molecule has 25 heavy (non-hydrogen) atoms. The number of carbonyl (C=O) groups is 1. The molecule has 0 aliphatic carbocycles. The van der Waals surface area contributed by atoms with Crippen LogP contribution in [0.1, 0.15) is 23.1 Å². The molecule has 0 radical (unpaired) electrons. The molecule has 0 aliphatic heterocycles. The van der Waals surface area contributed by atoms with Crippen molar-refractivity contribution < 1.29 is 19.4 Å². The molecule has 0 heterocycles. The van der Waals surface area contributed by atoms with Gasteiger partial charge in [0.15, 0.2) is 0 Å². The normalized spacial score (nSPS) is 12.1. The molecule has 2 rings (SSSR count). The number of hydrogen-bond acceptors (Lipinski definition) is 3. The number of aliphatic hydroxyl groups is 1. The summed E-state index contributed by atoms with van der Waals surface area (Å²) in [7, 11) is 0. The zero-order valence-electron chi connectivity index (χ0n) is 14.0. The molecule has 3 nitrogen and oxygen atoms in total. The lowest BCUT2D eigenvalue weighted by atomic mass is 10.0. The number of carboxylic acid groups (broad SMARTS) is 1. The first-order valence-corrected chi connectivity index (χ1v) is 9.41. The molecular formula is C20H23FO3S. The summed E-state index contributed by atoms with van der Waals surface area (Å²) in [6, 6.07) is 14.2. The van der Waals surface area contributed by atoms with Crippen molar-refractivity contribution in [1.29, 1.82) is 0 Å². The topological polar surface area (TPSA) is 57.5 Å². The highest BCUT2D eigenvalue weighted by molar-refractivity contribution is 8.00. The highest BCUT2D eigenvalue weighted by atomic mass is 32.2. The van der Waals surface area contributed by atoms with Crippen molar-refractivity contribution in [2.45, 2.75) is 30.9 Å². The van der Waals surface area contributed by atoms with E-state index in [2.05, 4.69) is 0 Å². The first kappa shape index (κ1) is 19.5. The molecule has 2 N–H and O–H groups in total. The second-order valence-corrected chi connectivity index (χ2v) is 7.23. The van der Waals surface area contributed by atoms with Crippen LogP contribution in [-0.4, -0.2) is 33.8 Å². The highest BCUT2D eigenvalue weighted by Crippen LogP contribution is 2.19. The molecule has 0 saturated carbocycles. The van der Waals surface area contributed by atoms with E-state index in [0.717, 1.165) is 36.0 Å². The molecule has 1 atom stereocenters. The predicted octanol–water partition coefficient (Wildman–Crippen LogP) is 3.72. The molecule has 2 aromatic rings. The number of hydrogen-bond donors (Lipinski definition) is 2. The minimum atomic E-state index is -0.812. The van der Waals surface area contributed by atoms with Crippen LogP contribution in [0.2, 0.25) is 0 Å². The molecular weight excluding hydrogens is 339 g/mol. The summed E-state index contributed by atoms with van der Waals surface area (Å²) < 4.78 is 12.9. The number of halogens is 1. The number of aliphatic carboxylic acids is 1. The first-order valence-electron chi connectivity index (χ1n) is 8.36. The number of rotatable bonds is 10. The van der Waals surface area contributed by atoms with Gasteiger partial charge in [-0.05, 0) is 60.3 Å². The van der Waals surface area contributed by atoms with Crippen LogP contribution in [-0.2, 0) is 24.1 Å². The Kier molecular flexibility index (Phi) is 7.95. The fourth-order valence-corrected chi connectivity index (χ4v) is 3.62. The Hall–Kier alpha value is -1.85. The maximum absolute atomic E-state index is 12.9. The fourth-order valence-electron chi connectivity index (χ4n) is 2.53. The first-order chi connectivity index (χ1) is 12.1. The zero-order chi connectivity index (χ0) is 18.1. The van der Waals surface area contributed by atoms with Crippen LogP contribution in [0.3, 0.4) is 0 Å². The minimum absolute atomic E-state index is 0.174. The minimum Gasteiger partial charge on any atom is -0.480 e. The van der Waals surface area contributed by atoms with Gasteiger partial charge < -0.3 is 10.2 Å². The largest absolute Gasteiger partial charge is 0.480 e. The number of aliphatic hydroxyl groups excluding tert-OH is 1. The van der Waals surface area contributed by atoms with Crippen LogP contribution in [0, 0.1) is 5.82 Å². The number of benzene rings is 2. The standard InChI is InChI=1S/C20H23FO3S/c21-18-9-7-16(8-10-18)11-13-25-19(20(23)24)14-17-5-3-15(4-6-17)2-1-12-22/h3-10,19,22H,1-2,11-14H2,(H,23,24). The van der Waals surface area contributed by atoms with E-state index in [0.29, 0.717) is 12.2 Å². The van der Waals surface area contributed by atoms with Crippen LogP contribution in [0.5, 0.6) is 0 Å². The van der Waals surface area contributed by atoms with Crippen LogP contribution in [0.4, 0.5) is 4.39 Å². The van der Waals surface area contributed by atoms with E-state index in [9.17, 15) is 14.3 Å². The molecule has 0 amide bonds. The van der Waals surface area contributed by atoms with Gasteiger partial charge in [-0.1, -0.05) is 36.4 Å². The molecule has 0 bridgehead atoms. The lowest BCUT2D eigenvalue weighted by molar-refractivity contribution is -0.136. The Balaban J connectivity index is 1.85. The van der Waals surface area contributed by atoms with E-state index in [1.807, 2.05) is 24.3 Å². The van der Waals surface area contributed by atoms with Gasteiger partial charge in [-0.15, -0.1) is 11.8 Å². The van der Waals surface area contributed by atoms with Gasteiger partial charge in [0.1, 0.15) is 11.1 Å². The summed E-state index contributed by atoms with van der Waals surface area (Å²) in [6.45, 7) is 0.174. The van der Waals surface area contributed by atoms with Gasteiger partial charge in [0.05, 0.1) is 0 Å². The van der Waals surface area contributed by atoms with E-state index in [1.54, 1.807) is 12.1 Å². The van der Waals surface area contributed by atoms with Crippen molar-refractivity contribution >= 4 is 17.7 Å². The van der Waals surface area contributed by atoms with Gasteiger partial charge in [-0.25, -0.2) is 4.39 Å². The zero-order valence-corrected chi connectivity index (χ0v) is 14.8. The average molecular weight is 362 g/mol. The van der Waals surface area contributed by atoms with Crippen molar-refractivity contribution in [3.63, 3.8) is 0 Å². The summed E-state index contributed by atoms with van der Waals surface area (Å²) in [5.41, 5.74) is 3.15. The van der Waals surface area contributed by atoms with Crippen molar-refractivity contribution in [2.75, 3.05) is 12.4 Å². The lowest BCUT2D eigenvalue weighted by Crippen LogP contribution is -2.20. The van der Waals surface area contributed by atoms with Crippen LogP contribution < -0.4 is 0 Å². The summed E-state index contributed by atoms with van der Waals surface area (Å²) in [4.78, 5) is 11.5. The quantitative estimate of drug-likeness (QED) is 0.676. The van der Waals surface area contributed by atoms with E-state index in [-0.39, 0.29) is 12.4 Å². The summed E-state index contributed by atoms with van der Waals surface area (Å²) in [6.07, 6.45) is 2.75. The summed E-state index contributed by atoms with van der Waals surface area (Å²) in [5, 5.41) is 17.8. The molecule has 0 aliphatic rings. The molecule has 0 saturated heterocycles. The Morgan fingerprint density at radius 3 is 2.12 bits per heavy atom. The maximum Gasteiger partial charge on any atom is 0.316 e. The van der Waals surface area contributed by atoms with Gasteiger partial charge in [-0.3, -0.25) is 4.79 Å². The van der Waals surface area contributed by atoms with Crippen LogP contribution in [0.15, 0.2) is 48.5 Å². The van der Waals surface area contributed by atoms with Crippen molar-refractivity contribution in [1.82, 2.24) is 0 Å². The maximum atomic E-state index is 12.9. The summed E-state index contributed by atoms with van der Waals surface area (Å²) in [5.74, 6) is -0.396. The lowest BCUT2D eigenvalue weighted by Gasteiger charge is -2.13. The SMILES string of the molecule is O=C(O)C(Cc1ccc(CCCO)cc1)SCCc1ccc(F)cc1. The molecule has 134 valence electrons. The fraction of sp³-hybridized carbons (Fsp3) is 0.350. The number of thioether (sulfide) groups is 1. The number of aryl methyl sites for hydroxylation is 2. The third-order valence-electron chi connectivity index (χ3n) is 3.97. The Labute approximate surface area is 151 Å². The van der Waals surface area contributed by atoms with Gasteiger partial charge in [0.25, 0.3) is 0 Å². The van der Waals surface area contributed by atoms with E-state index >= 15 is 0 Å². The molecule has 0 fully saturated rings. The third-order valence-corrected chi connectivity index (χ3v) is 5.18. The van der Waals surface area contributed by atoms with Gasteiger partial charge in [0, 0.05) is 6.61 Å². The van der Waals surface area contributed by atoms with Crippen LogP contribution in [0.25, 0.3) is 0 Å².